The summed E-state index contributed by atoms with van der Waals surface area (Å²) < 4.78 is 0. The Kier molecular flexibility index (Phi) is 9.94. The standard InChI is InChI=1S/C23H39N5O2/c1-4-24-21(26-17-23(14-15-29)12-6-5-7-13-23)25-16-19-8-10-20(11-9-19)28-22(30)27-18(2)3/h8-11,18,29H,4-7,12-17H2,1-3H3,(H2,24,25,26)(H2,27,28,30). The first kappa shape index (κ1) is 24.0. The van der Waals surface area contributed by atoms with Crippen molar-refractivity contribution in [2.24, 2.45) is 10.4 Å². The lowest BCUT2D eigenvalue weighted by Crippen LogP contribution is -2.44. The van der Waals surface area contributed by atoms with Crippen molar-refractivity contribution in [3.8, 4) is 0 Å². The largest absolute Gasteiger partial charge is 0.396 e. The Bertz CT molecular complexity index is 661. The summed E-state index contributed by atoms with van der Waals surface area (Å²) in [6.07, 6.45) is 6.96. The summed E-state index contributed by atoms with van der Waals surface area (Å²) in [6.45, 7) is 8.35. The van der Waals surface area contributed by atoms with E-state index in [9.17, 15) is 9.90 Å². The second kappa shape index (κ2) is 12.4. The SMILES string of the molecule is CCNC(=NCc1ccc(NC(=O)NC(C)C)cc1)NCC1(CCO)CCCCC1. The Hall–Kier alpha value is -2.28. The normalized spacial score (nSPS) is 16.2. The summed E-state index contributed by atoms with van der Waals surface area (Å²) >= 11 is 0. The molecule has 7 heteroatoms. The summed E-state index contributed by atoms with van der Waals surface area (Å²) in [5.74, 6) is 0.805. The van der Waals surface area contributed by atoms with Gasteiger partial charge in [-0.15, -0.1) is 0 Å². The molecule has 5 N–H and O–H groups in total. The highest BCUT2D eigenvalue weighted by atomic mass is 16.3. The third kappa shape index (κ3) is 8.22. The number of guanidine groups is 1. The van der Waals surface area contributed by atoms with Gasteiger partial charge in [0.25, 0.3) is 0 Å². The van der Waals surface area contributed by atoms with Crippen molar-refractivity contribution in [1.29, 1.82) is 0 Å². The van der Waals surface area contributed by atoms with Crippen LogP contribution in [0.4, 0.5) is 10.5 Å². The maximum Gasteiger partial charge on any atom is 0.319 e. The van der Waals surface area contributed by atoms with E-state index in [0.717, 1.165) is 36.7 Å². The second-order valence-electron chi connectivity index (χ2n) is 8.53. The van der Waals surface area contributed by atoms with Crippen LogP contribution in [0.3, 0.4) is 0 Å². The fourth-order valence-electron chi connectivity index (χ4n) is 3.96. The van der Waals surface area contributed by atoms with Gasteiger partial charge < -0.3 is 26.4 Å². The molecule has 0 aliphatic heterocycles. The lowest BCUT2D eigenvalue weighted by Gasteiger charge is -2.37. The lowest BCUT2D eigenvalue weighted by molar-refractivity contribution is 0.131. The highest BCUT2D eigenvalue weighted by Crippen LogP contribution is 2.38. The fourth-order valence-corrected chi connectivity index (χ4v) is 3.96. The number of carbonyl (C=O) groups is 1. The number of urea groups is 1. The zero-order chi connectivity index (χ0) is 21.8. The van der Waals surface area contributed by atoms with E-state index in [1.165, 1.54) is 32.1 Å². The Balaban J connectivity index is 1.92. The zero-order valence-electron chi connectivity index (χ0n) is 18.8. The number of nitrogens with zero attached hydrogens (tertiary/aromatic N) is 1. The number of anilines is 1. The molecule has 7 nitrogen and oxygen atoms in total. The van der Waals surface area contributed by atoms with Crippen molar-refractivity contribution in [3.63, 3.8) is 0 Å². The lowest BCUT2D eigenvalue weighted by atomic mass is 9.72. The highest BCUT2D eigenvalue weighted by Gasteiger charge is 2.31. The molecule has 0 aromatic heterocycles. The van der Waals surface area contributed by atoms with Crippen molar-refractivity contribution in [1.82, 2.24) is 16.0 Å². The predicted molar refractivity (Wildman–Crippen MR) is 124 cm³/mol. The molecule has 2 amide bonds. The number of amides is 2. The summed E-state index contributed by atoms with van der Waals surface area (Å²) in [5, 5.41) is 22.0. The Morgan fingerprint density at radius 2 is 1.83 bits per heavy atom. The number of nitrogens with one attached hydrogen (secondary N) is 4. The van der Waals surface area contributed by atoms with Crippen LogP contribution in [0.15, 0.2) is 29.3 Å². The van der Waals surface area contributed by atoms with Gasteiger partial charge in [-0.3, -0.25) is 0 Å². The number of rotatable bonds is 9. The van der Waals surface area contributed by atoms with Gasteiger partial charge in [0.1, 0.15) is 0 Å². The van der Waals surface area contributed by atoms with E-state index in [1.54, 1.807) is 0 Å². The van der Waals surface area contributed by atoms with Gasteiger partial charge in [-0.05, 0) is 63.1 Å². The molecule has 1 aromatic rings. The third-order valence-corrected chi connectivity index (χ3v) is 5.58. The monoisotopic (exact) mass is 417 g/mol. The first-order chi connectivity index (χ1) is 14.5. The molecule has 168 valence electrons. The van der Waals surface area contributed by atoms with Gasteiger partial charge in [-0.2, -0.15) is 0 Å². The van der Waals surface area contributed by atoms with Crippen LogP contribution < -0.4 is 21.3 Å². The van der Waals surface area contributed by atoms with Crippen molar-refractivity contribution in [2.75, 3.05) is 25.0 Å². The first-order valence-electron chi connectivity index (χ1n) is 11.3. The van der Waals surface area contributed by atoms with Crippen molar-refractivity contribution >= 4 is 17.7 Å². The molecule has 0 spiro atoms. The van der Waals surface area contributed by atoms with Crippen LogP contribution in [-0.4, -0.2) is 42.8 Å². The number of aliphatic imine (C=N–C) groups is 1. The Labute approximate surface area is 181 Å². The average molecular weight is 418 g/mol. The van der Waals surface area contributed by atoms with E-state index < -0.39 is 0 Å². The van der Waals surface area contributed by atoms with Crippen molar-refractivity contribution < 1.29 is 9.90 Å². The molecule has 1 saturated carbocycles. The zero-order valence-corrected chi connectivity index (χ0v) is 18.8. The van der Waals surface area contributed by atoms with Crippen LogP contribution in [0.5, 0.6) is 0 Å². The number of aliphatic hydroxyl groups is 1. The predicted octanol–water partition coefficient (Wildman–Crippen LogP) is 3.60. The van der Waals surface area contributed by atoms with Crippen molar-refractivity contribution in [2.45, 2.75) is 71.9 Å². The fraction of sp³-hybridized carbons (Fsp3) is 0.652. The minimum Gasteiger partial charge on any atom is -0.396 e. The molecule has 0 unspecified atom stereocenters. The molecular formula is C23H39N5O2. The molecule has 1 aliphatic carbocycles. The van der Waals surface area contributed by atoms with Crippen LogP contribution in [0.25, 0.3) is 0 Å². The summed E-state index contributed by atoms with van der Waals surface area (Å²) in [6, 6.07) is 7.64. The van der Waals surface area contributed by atoms with Gasteiger partial charge in [0.05, 0.1) is 6.54 Å². The number of benzene rings is 1. The number of aliphatic hydroxyl groups excluding tert-OH is 1. The van der Waals surface area contributed by atoms with Crippen LogP contribution >= 0.6 is 0 Å². The highest BCUT2D eigenvalue weighted by molar-refractivity contribution is 5.89. The molecular weight excluding hydrogens is 378 g/mol. The van der Waals surface area contributed by atoms with E-state index >= 15 is 0 Å². The van der Waals surface area contributed by atoms with Crippen LogP contribution in [-0.2, 0) is 6.54 Å². The molecule has 0 bridgehead atoms. The maximum atomic E-state index is 11.8. The molecule has 2 rings (SSSR count). The summed E-state index contributed by atoms with van der Waals surface area (Å²) in [7, 11) is 0. The van der Waals surface area contributed by atoms with Crippen LogP contribution in [0.2, 0.25) is 0 Å². The minimum absolute atomic E-state index is 0.0979. The molecule has 1 aliphatic rings. The smallest absolute Gasteiger partial charge is 0.319 e. The number of hydrogen-bond donors (Lipinski definition) is 5. The summed E-state index contributed by atoms with van der Waals surface area (Å²) in [5.41, 5.74) is 2.01. The summed E-state index contributed by atoms with van der Waals surface area (Å²) in [4.78, 5) is 16.5. The third-order valence-electron chi connectivity index (χ3n) is 5.58. The van der Waals surface area contributed by atoms with Gasteiger partial charge in [-0.1, -0.05) is 31.4 Å². The van der Waals surface area contributed by atoms with E-state index in [-0.39, 0.29) is 24.1 Å². The average Bonchev–Trinajstić information content (AvgIpc) is 2.71. The topological polar surface area (TPSA) is 97.8 Å². The molecule has 0 radical (unpaired) electrons. The van der Waals surface area contributed by atoms with E-state index in [4.69, 9.17) is 4.99 Å². The van der Waals surface area contributed by atoms with E-state index in [0.29, 0.717) is 6.54 Å². The first-order valence-corrected chi connectivity index (χ1v) is 11.3. The van der Waals surface area contributed by atoms with E-state index in [1.807, 2.05) is 38.1 Å². The van der Waals surface area contributed by atoms with Gasteiger partial charge >= 0.3 is 6.03 Å². The van der Waals surface area contributed by atoms with Crippen LogP contribution in [0, 0.1) is 5.41 Å². The second-order valence-corrected chi connectivity index (χ2v) is 8.53. The Morgan fingerprint density at radius 3 is 2.43 bits per heavy atom. The quantitative estimate of drug-likeness (QED) is 0.313. The molecule has 0 atom stereocenters. The maximum absolute atomic E-state index is 11.8. The van der Waals surface area contributed by atoms with Gasteiger partial charge in [0.15, 0.2) is 5.96 Å². The van der Waals surface area contributed by atoms with Gasteiger partial charge in [0.2, 0.25) is 0 Å². The minimum atomic E-state index is -0.200. The molecule has 1 fully saturated rings. The molecule has 0 heterocycles. The number of hydrogen-bond acceptors (Lipinski definition) is 3. The molecule has 1 aromatic carbocycles. The van der Waals surface area contributed by atoms with E-state index in [2.05, 4.69) is 28.2 Å². The number of carbonyl (C=O) groups excluding carboxylic acids is 1. The van der Waals surface area contributed by atoms with Crippen molar-refractivity contribution in [3.05, 3.63) is 29.8 Å². The Morgan fingerprint density at radius 1 is 1.13 bits per heavy atom. The van der Waals surface area contributed by atoms with Gasteiger partial charge in [-0.25, -0.2) is 9.79 Å². The molecule has 0 saturated heterocycles. The molecule has 30 heavy (non-hydrogen) atoms. The van der Waals surface area contributed by atoms with Crippen LogP contribution in [0.1, 0.15) is 64.9 Å². The van der Waals surface area contributed by atoms with Gasteiger partial charge in [0, 0.05) is 31.4 Å².